The van der Waals surface area contributed by atoms with Crippen LogP contribution in [0.4, 0.5) is 0 Å². The SMILES string of the molecule is CCCS(=O)(=O)NCC(C)c1ccc(-c2ccc(CC)cc2)cc1. The third-order valence-corrected chi connectivity index (χ3v) is 5.81. The van der Waals surface area contributed by atoms with Gasteiger partial charge in [0.25, 0.3) is 0 Å². The van der Waals surface area contributed by atoms with E-state index < -0.39 is 10.0 Å². The highest BCUT2D eigenvalue weighted by atomic mass is 32.2. The van der Waals surface area contributed by atoms with Gasteiger partial charge in [0.15, 0.2) is 0 Å². The van der Waals surface area contributed by atoms with Crippen LogP contribution in [0.25, 0.3) is 11.1 Å². The van der Waals surface area contributed by atoms with E-state index in [0.717, 1.165) is 12.0 Å². The van der Waals surface area contributed by atoms with Crippen molar-refractivity contribution in [3.63, 3.8) is 0 Å². The largest absolute Gasteiger partial charge is 0.215 e. The second-order valence-corrected chi connectivity index (χ2v) is 8.17. The monoisotopic (exact) mass is 345 g/mol. The van der Waals surface area contributed by atoms with E-state index in [1.165, 1.54) is 16.7 Å². The molecule has 24 heavy (non-hydrogen) atoms. The molecule has 0 spiro atoms. The fourth-order valence-corrected chi connectivity index (χ4v) is 3.83. The Balaban J connectivity index is 2.02. The van der Waals surface area contributed by atoms with Gasteiger partial charge in [-0.05, 0) is 41.0 Å². The first kappa shape index (κ1) is 18.7. The van der Waals surface area contributed by atoms with Gasteiger partial charge in [-0.1, -0.05) is 69.3 Å². The van der Waals surface area contributed by atoms with Gasteiger partial charge in [0.05, 0.1) is 5.75 Å². The van der Waals surface area contributed by atoms with Crippen LogP contribution in [0.2, 0.25) is 0 Å². The van der Waals surface area contributed by atoms with E-state index in [4.69, 9.17) is 0 Å². The van der Waals surface area contributed by atoms with Crippen LogP contribution in [0.1, 0.15) is 44.2 Å². The van der Waals surface area contributed by atoms with Crippen LogP contribution in [0.5, 0.6) is 0 Å². The summed E-state index contributed by atoms with van der Waals surface area (Å²) < 4.78 is 26.2. The Morgan fingerprint density at radius 2 is 1.46 bits per heavy atom. The Labute approximate surface area is 146 Å². The summed E-state index contributed by atoms with van der Waals surface area (Å²) in [5.41, 5.74) is 4.86. The third-order valence-electron chi connectivity index (χ3n) is 4.26. The molecule has 0 fully saturated rings. The van der Waals surface area contributed by atoms with Crippen molar-refractivity contribution in [1.29, 1.82) is 0 Å². The van der Waals surface area contributed by atoms with Crippen molar-refractivity contribution in [1.82, 2.24) is 4.72 Å². The van der Waals surface area contributed by atoms with E-state index in [1.807, 2.05) is 13.8 Å². The first-order valence-corrected chi connectivity index (χ1v) is 10.3. The summed E-state index contributed by atoms with van der Waals surface area (Å²) in [6, 6.07) is 17.0. The predicted octanol–water partition coefficient (Wildman–Crippen LogP) is 4.35. The molecular formula is C20H27NO2S. The van der Waals surface area contributed by atoms with Crippen molar-refractivity contribution < 1.29 is 8.42 Å². The molecule has 0 radical (unpaired) electrons. The first-order chi connectivity index (χ1) is 11.4. The zero-order valence-corrected chi connectivity index (χ0v) is 15.6. The molecule has 2 aromatic rings. The number of hydrogen-bond donors (Lipinski definition) is 1. The highest BCUT2D eigenvalue weighted by Gasteiger charge is 2.12. The topological polar surface area (TPSA) is 46.2 Å². The number of rotatable bonds is 8. The first-order valence-electron chi connectivity index (χ1n) is 8.61. The molecular weight excluding hydrogens is 318 g/mol. The molecule has 0 bridgehead atoms. The van der Waals surface area contributed by atoms with Gasteiger partial charge < -0.3 is 0 Å². The number of sulfonamides is 1. The molecule has 3 nitrogen and oxygen atoms in total. The summed E-state index contributed by atoms with van der Waals surface area (Å²) in [6.07, 6.45) is 1.68. The molecule has 2 aromatic carbocycles. The summed E-state index contributed by atoms with van der Waals surface area (Å²) in [5.74, 6) is 0.333. The average Bonchev–Trinajstić information content (AvgIpc) is 2.60. The maximum Gasteiger partial charge on any atom is 0.211 e. The zero-order valence-electron chi connectivity index (χ0n) is 14.7. The molecule has 0 aromatic heterocycles. The fraction of sp³-hybridized carbons (Fsp3) is 0.400. The van der Waals surface area contributed by atoms with Crippen molar-refractivity contribution in [2.75, 3.05) is 12.3 Å². The van der Waals surface area contributed by atoms with Gasteiger partial charge in [0.2, 0.25) is 10.0 Å². The number of hydrogen-bond acceptors (Lipinski definition) is 2. The van der Waals surface area contributed by atoms with E-state index in [9.17, 15) is 8.42 Å². The molecule has 130 valence electrons. The standard InChI is InChI=1S/C20H27NO2S/c1-4-14-24(22,23)21-15-16(3)18-10-12-20(13-11-18)19-8-6-17(5-2)7-9-19/h6-13,16,21H,4-5,14-15H2,1-3H3. The number of aryl methyl sites for hydroxylation is 1. The highest BCUT2D eigenvalue weighted by Crippen LogP contribution is 2.23. The zero-order chi connectivity index (χ0) is 17.6. The number of nitrogens with one attached hydrogen (secondary N) is 1. The summed E-state index contributed by atoms with van der Waals surface area (Å²) in [5, 5.41) is 0. The highest BCUT2D eigenvalue weighted by molar-refractivity contribution is 7.89. The maximum atomic E-state index is 11.7. The number of benzene rings is 2. The van der Waals surface area contributed by atoms with Gasteiger partial charge in [0.1, 0.15) is 0 Å². The summed E-state index contributed by atoms with van der Waals surface area (Å²) >= 11 is 0. The smallest absolute Gasteiger partial charge is 0.211 e. The molecule has 1 unspecified atom stereocenters. The molecule has 0 aliphatic heterocycles. The van der Waals surface area contributed by atoms with E-state index in [0.29, 0.717) is 13.0 Å². The summed E-state index contributed by atoms with van der Waals surface area (Å²) in [7, 11) is -3.14. The van der Waals surface area contributed by atoms with Gasteiger partial charge in [0, 0.05) is 6.54 Å². The quantitative estimate of drug-likeness (QED) is 0.773. The lowest BCUT2D eigenvalue weighted by molar-refractivity contribution is 0.573. The van der Waals surface area contributed by atoms with Crippen LogP contribution in [-0.4, -0.2) is 20.7 Å². The molecule has 0 saturated carbocycles. The van der Waals surface area contributed by atoms with Crippen molar-refractivity contribution in [2.24, 2.45) is 0 Å². The molecule has 1 N–H and O–H groups in total. The van der Waals surface area contributed by atoms with Crippen molar-refractivity contribution in [3.8, 4) is 11.1 Å². The Kier molecular flexibility index (Phi) is 6.58. The van der Waals surface area contributed by atoms with Crippen LogP contribution in [0.3, 0.4) is 0 Å². The molecule has 4 heteroatoms. The van der Waals surface area contributed by atoms with Crippen molar-refractivity contribution >= 4 is 10.0 Å². The minimum Gasteiger partial charge on any atom is -0.215 e. The van der Waals surface area contributed by atoms with Crippen LogP contribution in [0, 0.1) is 0 Å². The molecule has 1 atom stereocenters. The maximum absolute atomic E-state index is 11.7. The molecule has 0 amide bonds. The van der Waals surface area contributed by atoms with Gasteiger partial charge in [-0.15, -0.1) is 0 Å². The Bertz CT molecular complexity index is 734. The fourth-order valence-electron chi connectivity index (χ4n) is 2.65. The average molecular weight is 346 g/mol. The van der Waals surface area contributed by atoms with Crippen LogP contribution in [0.15, 0.2) is 48.5 Å². The van der Waals surface area contributed by atoms with Crippen LogP contribution < -0.4 is 4.72 Å². The van der Waals surface area contributed by atoms with Crippen molar-refractivity contribution in [2.45, 2.75) is 39.5 Å². The summed E-state index contributed by atoms with van der Waals surface area (Å²) in [4.78, 5) is 0. The molecule has 0 aliphatic rings. The normalized spacial score (nSPS) is 13.0. The van der Waals surface area contributed by atoms with E-state index in [-0.39, 0.29) is 11.7 Å². The lowest BCUT2D eigenvalue weighted by Crippen LogP contribution is -2.29. The van der Waals surface area contributed by atoms with Crippen LogP contribution in [-0.2, 0) is 16.4 Å². The minimum atomic E-state index is -3.14. The molecule has 0 saturated heterocycles. The second kappa shape index (κ2) is 8.45. The van der Waals surface area contributed by atoms with Crippen molar-refractivity contribution in [3.05, 3.63) is 59.7 Å². The summed E-state index contributed by atoms with van der Waals surface area (Å²) in [6.45, 7) is 6.50. The molecule has 0 aliphatic carbocycles. The Morgan fingerprint density at radius 1 is 0.917 bits per heavy atom. The lowest BCUT2D eigenvalue weighted by Gasteiger charge is -2.14. The van der Waals surface area contributed by atoms with Gasteiger partial charge >= 0.3 is 0 Å². The van der Waals surface area contributed by atoms with Crippen LogP contribution >= 0.6 is 0 Å². The van der Waals surface area contributed by atoms with E-state index in [2.05, 4.69) is 60.2 Å². The predicted molar refractivity (Wildman–Crippen MR) is 102 cm³/mol. The Hall–Kier alpha value is -1.65. The lowest BCUT2D eigenvalue weighted by atomic mass is 9.97. The van der Waals surface area contributed by atoms with Gasteiger partial charge in [-0.3, -0.25) is 0 Å². The third kappa shape index (κ3) is 5.18. The molecule has 0 heterocycles. The second-order valence-electron chi connectivity index (χ2n) is 6.24. The van der Waals surface area contributed by atoms with E-state index in [1.54, 1.807) is 0 Å². The molecule has 2 rings (SSSR count). The van der Waals surface area contributed by atoms with Gasteiger partial charge in [-0.2, -0.15) is 0 Å². The minimum absolute atomic E-state index is 0.146. The van der Waals surface area contributed by atoms with E-state index >= 15 is 0 Å². The Morgan fingerprint density at radius 3 is 1.96 bits per heavy atom. The van der Waals surface area contributed by atoms with Gasteiger partial charge in [-0.25, -0.2) is 13.1 Å².